The van der Waals surface area contributed by atoms with E-state index in [0.29, 0.717) is 32.6 Å². The fraction of sp³-hybridized carbons (Fsp3) is 0.0870. The van der Waals surface area contributed by atoms with E-state index in [9.17, 15) is 18.0 Å². The molecule has 0 saturated carbocycles. The average Bonchev–Trinajstić information content (AvgIpc) is 2.76. The Morgan fingerprint density at radius 1 is 0.971 bits per heavy atom. The summed E-state index contributed by atoms with van der Waals surface area (Å²) >= 11 is 6.80. The van der Waals surface area contributed by atoms with Gasteiger partial charge in [0.25, 0.3) is 15.6 Å². The second-order valence-corrected chi connectivity index (χ2v) is 11.0. The van der Waals surface area contributed by atoms with Gasteiger partial charge in [0.2, 0.25) is 0 Å². The van der Waals surface area contributed by atoms with Crippen LogP contribution in [0.5, 0.6) is 0 Å². The second kappa shape index (κ2) is 9.32. The van der Waals surface area contributed by atoms with E-state index >= 15 is 0 Å². The Bertz CT molecular complexity index is 1580. The summed E-state index contributed by atoms with van der Waals surface area (Å²) in [6.45, 7) is 3.59. The lowest BCUT2D eigenvalue weighted by Gasteiger charge is -2.13. The topological polar surface area (TPSA) is 110 Å². The number of hydrogen-bond donors (Lipinski definition) is 2. The number of anilines is 1. The molecule has 0 saturated heterocycles. The molecule has 3 aromatic carbocycles. The van der Waals surface area contributed by atoms with Crippen LogP contribution in [0.15, 0.2) is 79.3 Å². The van der Waals surface area contributed by atoms with Gasteiger partial charge in [-0.25, -0.2) is 22.9 Å². The number of benzene rings is 3. The highest BCUT2D eigenvalue weighted by molar-refractivity contribution is 9.11. The molecule has 0 radical (unpaired) electrons. The number of hydrogen-bond acceptors (Lipinski definition) is 5. The largest absolute Gasteiger partial charge is 0.333 e. The van der Waals surface area contributed by atoms with Crippen LogP contribution in [0.4, 0.5) is 10.5 Å². The molecule has 11 heteroatoms. The van der Waals surface area contributed by atoms with Crippen molar-refractivity contribution in [2.24, 2.45) is 0 Å². The average molecular weight is 606 g/mol. The van der Waals surface area contributed by atoms with Gasteiger partial charge in [-0.3, -0.25) is 9.36 Å². The number of amides is 2. The third-order valence-corrected chi connectivity index (χ3v) is 7.41. The first kappa shape index (κ1) is 24.1. The van der Waals surface area contributed by atoms with E-state index in [0.717, 1.165) is 10.0 Å². The second-order valence-electron chi connectivity index (χ2n) is 7.50. The third kappa shape index (κ3) is 4.91. The van der Waals surface area contributed by atoms with E-state index in [2.05, 4.69) is 42.2 Å². The molecule has 0 aliphatic carbocycles. The van der Waals surface area contributed by atoms with Crippen LogP contribution in [0.25, 0.3) is 16.6 Å². The molecule has 0 fully saturated rings. The fourth-order valence-electron chi connectivity index (χ4n) is 3.37. The summed E-state index contributed by atoms with van der Waals surface area (Å²) in [5, 5.41) is 2.88. The number of carbonyl (C=O) groups is 1. The van der Waals surface area contributed by atoms with E-state index < -0.39 is 16.1 Å². The molecule has 0 aliphatic rings. The van der Waals surface area contributed by atoms with E-state index in [1.807, 2.05) is 11.6 Å². The smallest absolute Gasteiger partial charge is 0.307 e. The Labute approximate surface area is 212 Å². The van der Waals surface area contributed by atoms with Crippen LogP contribution in [0, 0.1) is 13.8 Å². The van der Waals surface area contributed by atoms with Crippen molar-refractivity contribution in [1.82, 2.24) is 14.3 Å². The number of urea groups is 1. The zero-order valence-electron chi connectivity index (χ0n) is 18.0. The third-order valence-electron chi connectivity index (χ3n) is 5.00. The number of fused-ring (bicyclic) bond motifs is 1. The molecule has 34 heavy (non-hydrogen) atoms. The van der Waals surface area contributed by atoms with Gasteiger partial charge in [0.15, 0.2) is 0 Å². The molecule has 8 nitrogen and oxygen atoms in total. The van der Waals surface area contributed by atoms with Crippen molar-refractivity contribution in [1.29, 1.82) is 0 Å². The van der Waals surface area contributed by atoms with Crippen LogP contribution in [0.3, 0.4) is 0 Å². The molecule has 1 heterocycles. The number of nitrogens with zero attached hydrogens (tertiary/aromatic N) is 2. The van der Waals surface area contributed by atoms with E-state index in [-0.39, 0.29) is 10.5 Å². The zero-order valence-corrected chi connectivity index (χ0v) is 22.0. The van der Waals surface area contributed by atoms with Crippen LogP contribution in [0.1, 0.15) is 11.4 Å². The van der Waals surface area contributed by atoms with E-state index in [4.69, 9.17) is 0 Å². The summed E-state index contributed by atoms with van der Waals surface area (Å²) < 4.78 is 30.1. The Kier molecular flexibility index (Phi) is 6.61. The highest BCUT2D eigenvalue weighted by Gasteiger charge is 2.19. The Hall–Kier alpha value is -3.02. The molecule has 0 unspecified atom stereocenters. The van der Waals surface area contributed by atoms with Gasteiger partial charge < -0.3 is 5.32 Å². The highest BCUT2D eigenvalue weighted by atomic mass is 79.9. The van der Waals surface area contributed by atoms with E-state index in [1.54, 1.807) is 43.3 Å². The minimum absolute atomic E-state index is 0.125. The van der Waals surface area contributed by atoms with Crippen LogP contribution in [-0.2, 0) is 10.0 Å². The number of halogens is 2. The molecular weight excluding hydrogens is 588 g/mol. The van der Waals surface area contributed by atoms with Crippen LogP contribution in [-0.4, -0.2) is 24.0 Å². The predicted octanol–water partition coefficient (Wildman–Crippen LogP) is 5.04. The molecule has 4 rings (SSSR count). The van der Waals surface area contributed by atoms with Gasteiger partial charge in [-0.2, -0.15) is 0 Å². The van der Waals surface area contributed by atoms with Gasteiger partial charge in [0, 0.05) is 14.6 Å². The lowest BCUT2D eigenvalue weighted by atomic mass is 10.2. The first-order chi connectivity index (χ1) is 16.0. The summed E-state index contributed by atoms with van der Waals surface area (Å²) in [6, 6.07) is 15.2. The summed E-state index contributed by atoms with van der Waals surface area (Å²) in [6.07, 6.45) is 0. The molecular formula is C23H18Br2N4O4S. The predicted molar refractivity (Wildman–Crippen MR) is 138 cm³/mol. The SMILES string of the molecule is Cc1ccc(NC(=O)NS(=O)(=O)c2ccc(-n3c(C)nc4c(Br)cc(Br)cc4c3=O)cc2)cc1. The minimum Gasteiger partial charge on any atom is -0.307 e. The maximum absolute atomic E-state index is 13.2. The van der Waals surface area contributed by atoms with Crippen molar-refractivity contribution in [2.45, 2.75) is 18.7 Å². The maximum atomic E-state index is 13.2. The summed E-state index contributed by atoms with van der Waals surface area (Å²) in [5.41, 5.74) is 2.15. The summed E-state index contributed by atoms with van der Waals surface area (Å²) in [4.78, 5) is 29.8. The zero-order chi connectivity index (χ0) is 24.6. The number of aryl methyl sites for hydroxylation is 2. The van der Waals surface area contributed by atoms with Crippen molar-refractivity contribution in [2.75, 3.05) is 5.32 Å². The van der Waals surface area contributed by atoms with Crippen LogP contribution in [0.2, 0.25) is 0 Å². The van der Waals surface area contributed by atoms with Crippen molar-refractivity contribution in [3.05, 3.63) is 91.4 Å². The number of rotatable bonds is 4. The van der Waals surface area contributed by atoms with Crippen LogP contribution >= 0.6 is 31.9 Å². The van der Waals surface area contributed by atoms with Crippen molar-refractivity contribution in [3.8, 4) is 5.69 Å². The number of sulfonamides is 1. The van der Waals surface area contributed by atoms with Crippen molar-refractivity contribution >= 4 is 64.5 Å². The van der Waals surface area contributed by atoms with Gasteiger partial charge in [-0.1, -0.05) is 33.6 Å². The molecule has 0 aliphatic heterocycles. The van der Waals surface area contributed by atoms with Gasteiger partial charge in [0.1, 0.15) is 5.82 Å². The van der Waals surface area contributed by atoms with Gasteiger partial charge in [-0.15, -0.1) is 0 Å². The molecule has 174 valence electrons. The Morgan fingerprint density at radius 3 is 2.26 bits per heavy atom. The molecule has 4 aromatic rings. The lowest BCUT2D eigenvalue weighted by Crippen LogP contribution is -2.34. The minimum atomic E-state index is -4.13. The monoisotopic (exact) mass is 604 g/mol. The molecule has 0 atom stereocenters. The fourth-order valence-corrected chi connectivity index (χ4v) is 5.60. The maximum Gasteiger partial charge on any atom is 0.333 e. The quantitative estimate of drug-likeness (QED) is 0.339. The Morgan fingerprint density at radius 2 is 1.62 bits per heavy atom. The first-order valence-electron chi connectivity index (χ1n) is 9.94. The van der Waals surface area contributed by atoms with Gasteiger partial charge >= 0.3 is 6.03 Å². The molecule has 2 N–H and O–H groups in total. The summed E-state index contributed by atoms with van der Waals surface area (Å²) in [7, 11) is -4.13. The number of carbonyl (C=O) groups excluding carboxylic acids is 1. The van der Waals surface area contributed by atoms with Crippen molar-refractivity contribution in [3.63, 3.8) is 0 Å². The number of aromatic nitrogens is 2. The molecule has 2 amide bonds. The lowest BCUT2D eigenvalue weighted by molar-refractivity contribution is 0.256. The van der Waals surface area contributed by atoms with Crippen LogP contribution < -0.4 is 15.6 Å². The van der Waals surface area contributed by atoms with E-state index in [1.165, 1.54) is 28.8 Å². The summed E-state index contributed by atoms with van der Waals surface area (Å²) in [5.74, 6) is 0.437. The Balaban J connectivity index is 1.61. The standard InChI is InChI=1S/C23H18Br2N4O4S/c1-13-3-5-16(6-4-13)27-23(31)28-34(32,33)18-9-7-17(8-10-18)29-14(2)26-21-19(22(29)30)11-15(24)12-20(21)25/h3-12H,1-2H3,(H2,27,28,31). The molecule has 1 aromatic heterocycles. The normalized spacial score (nSPS) is 11.4. The van der Waals surface area contributed by atoms with Gasteiger partial charge in [0.05, 0.1) is 21.5 Å². The highest BCUT2D eigenvalue weighted by Crippen LogP contribution is 2.26. The molecule has 0 bridgehead atoms. The molecule has 0 spiro atoms. The number of nitrogens with one attached hydrogen (secondary N) is 2. The first-order valence-corrected chi connectivity index (χ1v) is 13.0. The van der Waals surface area contributed by atoms with Crippen molar-refractivity contribution < 1.29 is 13.2 Å². The van der Waals surface area contributed by atoms with Gasteiger partial charge in [-0.05, 0) is 78.3 Å².